The highest BCUT2D eigenvalue weighted by Crippen LogP contribution is 2.32. The predicted molar refractivity (Wildman–Crippen MR) is 96.5 cm³/mol. The number of β-amino-alcohol motifs (C(OH)–C–C–N with tert-alkyl or cyclic N) is 1. The van der Waals surface area contributed by atoms with Crippen LogP contribution in [0.2, 0.25) is 5.02 Å². The largest absolute Gasteiger partial charge is 0.416 e. The number of nitrogens with zero attached hydrogens (tertiary/aromatic N) is 2. The first kappa shape index (κ1) is 19.0. The van der Waals surface area contributed by atoms with Gasteiger partial charge in [0.1, 0.15) is 0 Å². The lowest BCUT2D eigenvalue weighted by molar-refractivity contribution is -0.137. The maximum absolute atomic E-state index is 12.9. The second-order valence-corrected chi connectivity index (χ2v) is 6.84. The summed E-state index contributed by atoms with van der Waals surface area (Å²) in [7, 11) is 0. The van der Waals surface area contributed by atoms with E-state index in [0.717, 1.165) is 11.6 Å². The Morgan fingerprint density at radius 3 is 2.27 bits per heavy atom. The molecule has 0 saturated carbocycles. The molecule has 0 radical (unpaired) electrons. The molecule has 0 bridgehead atoms. The fourth-order valence-electron chi connectivity index (χ4n) is 3.10. The molecule has 0 aromatic heterocycles. The maximum Gasteiger partial charge on any atom is 0.416 e. The zero-order chi connectivity index (χ0) is 18.7. The minimum absolute atomic E-state index is 0.484. The van der Waals surface area contributed by atoms with E-state index in [1.54, 1.807) is 30.3 Å². The van der Waals surface area contributed by atoms with Crippen molar-refractivity contribution in [2.24, 2.45) is 0 Å². The van der Waals surface area contributed by atoms with E-state index in [9.17, 15) is 18.3 Å². The summed E-state index contributed by atoms with van der Waals surface area (Å²) in [5.41, 5.74) is 0.753. The van der Waals surface area contributed by atoms with E-state index in [2.05, 4.69) is 4.90 Å². The molecule has 1 saturated heterocycles. The summed E-state index contributed by atoms with van der Waals surface area (Å²) in [6, 6.07) is 12.5. The third kappa shape index (κ3) is 4.69. The minimum atomic E-state index is -4.33. The molecule has 1 atom stereocenters. The van der Waals surface area contributed by atoms with Crippen LogP contribution in [0.3, 0.4) is 0 Å². The van der Waals surface area contributed by atoms with Gasteiger partial charge >= 0.3 is 6.18 Å². The average molecular weight is 385 g/mol. The van der Waals surface area contributed by atoms with Crippen molar-refractivity contribution >= 4 is 17.3 Å². The number of benzene rings is 2. The molecular weight excluding hydrogens is 365 g/mol. The van der Waals surface area contributed by atoms with Crippen molar-refractivity contribution in [3.05, 3.63) is 64.7 Å². The van der Waals surface area contributed by atoms with Crippen molar-refractivity contribution in [2.45, 2.75) is 12.3 Å². The van der Waals surface area contributed by atoms with E-state index in [-0.39, 0.29) is 0 Å². The van der Waals surface area contributed by atoms with Gasteiger partial charge in [-0.2, -0.15) is 13.2 Å². The Balaban J connectivity index is 1.57. The molecule has 0 aliphatic carbocycles. The quantitative estimate of drug-likeness (QED) is 0.855. The number of piperazine rings is 1. The Kier molecular flexibility index (Phi) is 5.75. The summed E-state index contributed by atoms with van der Waals surface area (Å²) in [6.07, 6.45) is -4.95. The normalized spacial score (nSPS) is 17.3. The summed E-state index contributed by atoms with van der Waals surface area (Å²) >= 11 is 5.85. The molecule has 0 unspecified atom stereocenters. The van der Waals surface area contributed by atoms with Crippen molar-refractivity contribution in [3.8, 4) is 0 Å². The minimum Gasteiger partial charge on any atom is -0.387 e. The van der Waals surface area contributed by atoms with Crippen LogP contribution < -0.4 is 4.90 Å². The Labute approximate surface area is 155 Å². The fourth-order valence-corrected chi connectivity index (χ4v) is 3.23. The number of halogens is 4. The van der Waals surface area contributed by atoms with Gasteiger partial charge in [0.05, 0.1) is 11.7 Å². The number of anilines is 1. The van der Waals surface area contributed by atoms with Crippen LogP contribution >= 0.6 is 11.6 Å². The van der Waals surface area contributed by atoms with Gasteiger partial charge in [0.2, 0.25) is 0 Å². The lowest BCUT2D eigenvalue weighted by atomic mass is 10.1. The molecular formula is C19H20ClF3N2O. The molecule has 7 heteroatoms. The van der Waals surface area contributed by atoms with Crippen LogP contribution in [-0.4, -0.2) is 42.7 Å². The summed E-state index contributed by atoms with van der Waals surface area (Å²) < 4.78 is 38.6. The Bertz CT molecular complexity index is 728. The van der Waals surface area contributed by atoms with Crippen molar-refractivity contribution in [3.63, 3.8) is 0 Å². The molecule has 0 spiro atoms. The molecule has 3 rings (SSSR count). The van der Waals surface area contributed by atoms with E-state index < -0.39 is 17.8 Å². The summed E-state index contributed by atoms with van der Waals surface area (Å²) in [6.45, 7) is 3.09. The third-order valence-electron chi connectivity index (χ3n) is 4.60. The second kappa shape index (κ2) is 7.86. The van der Waals surface area contributed by atoms with Gasteiger partial charge in [-0.25, -0.2) is 0 Å². The van der Waals surface area contributed by atoms with E-state index >= 15 is 0 Å². The van der Waals surface area contributed by atoms with Crippen molar-refractivity contribution in [1.82, 2.24) is 4.90 Å². The zero-order valence-electron chi connectivity index (χ0n) is 14.1. The van der Waals surface area contributed by atoms with Crippen LogP contribution in [-0.2, 0) is 6.18 Å². The van der Waals surface area contributed by atoms with Gasteiger partial charge in [-0.3, -0.25) is 4.90 Å². The van der Waals surface area contributed by atoms with Crippen molar-refractivity contribution in [2.75, 3.05) is 37.6 Å². The highest BCUT2D eigenvalue weighted by atomic mass is 35.5. The van der Waals surface area contributed by atoms with E-state index in [1.807, 2.05) is 4.90 Å². The third-order valence-corrected chi connectivity index (χ3v) is 4.85. The molecule has 3 nitrogen and oxygen atoms in total. The van der Waals surface area contributed by atoms with Crippen molar-refractivity contribution in [1.29, 1.82) is 0 Å². The van der Waals surface area contributed by atoms with Gasteiger partial charge in [0, 0.05) is 43.4 Å². The second-order valence-electron chi connectivity index (χ2n) is 6.40. The molecule has 1 aliphatic rings. The van der Waals surface area contributed by atoms with Crippen LogP contribution in [0.15, 0.2) is 48.5 Å². The smallest absolute Gasteiger partial charge is 0.387 e. The number of alkyl halides is 3. The van der Waals surface area contributed by atoms with Crippen LogP contribution in [0, 0.1) is 0 Å². The molecule has 1 fully saturated rings. The topological polar surface area (TPSA) is 26.7 Å². The summed E-state index contributed by atoms with van der Waals surface area (Å²) in [5.74, 6) is 0. The van der Waals surface area contributed by atoms with Gasteiger partial charge in [0.15, 0.2) is 0 Å². The van der Waals surface area contributed by atoms with Gasteiger partial charge in [0.25, 0.3) is 0 Å². The lowest BCUT2D eigenvalue weighted by Crippen LogP contribution is -2.47. The highest BCUT2D eigenvalue weighted by Gasteiger charge is 2.31. The zero-order valence-corrected chi connectivity index (χ0v) is 14.8. The number of aliphatic hydroxyl groups is 1. The first-order chi connectivity index (χ1) is 12.3. The Hall–Kier alpha value is -1.76. The SMILES string of the molecule is O[C@H](CN1CCN(c2cccc(C(F)(F)F)c2)CC1)c1ccc(Cl)cc1. The van der Waals surface area contributed by atoms with Crippen LogP contribution in [0.4, 0.5) is 18.9 Å². The molecule has 1 aliphatic heterocycles. The first-order valence-electron chi connectivity index (χ1n) is 8.41. The average Bonchev–Trinajstić information content (AvgIpc) is 2.62. The molecule has 2 aromatic carbocycles. The molecule has 0 amide bonds. The molecule has 1 heterocycles. The van der Waals surface area contributed by atoms with Gasteiger partial charge in [-0.1, -0.05) is 29.8 Å². The van der Waals surface area contributed by atoms with Crippen molar-refractivity contribution < 1.29 is 18.3 Å². The van der Waals surface area contributed by atoms with Crippen LogP contribution in [0.25, 0.3) is 0 Å². The Morgan fingerprint density at radius 2 is 1.65 bits per heavy atom. The Morgan fingerprint density at radius 1 is 1.00 bits per heavy atom. The molecule has 140 valence electrons. The van der Waals surface area contributed by atoms with E-state index in [1.165, 1.54) is 12.1 Å². The highest BCUT2D eigenvalue weighted by molar-refractivity contribution is 6.30. The lowest BCUT2D eigenvalue weighted by Gasteiger charge is -2.37. The molecule has 1 N–H and O–H groups in total. The summed E-state index contributed by atoms with van der Waals surface area (Å²) in [5, 5.41) is 11.0. The number of hydrogen-bond acceptors (Lipinski definition) is 3. The predicted octanol–water partition coefficient (Wildman–Crippen LogP) is 4.21. The van der Waals surface area contributed by atoms with E-state index in [4.69, 9.17) is 11.6 Å². The maximum atomic E-state index is 12.9. The van der Waals surface area contributed by atoms with Crippen LogP contribution in [0.5, 0.6) is 0 Å². The monoisotopic (exact) mass is 384 g/mol. The number of aliphatic hydroxyl groups excluding tert-OH is 1. The van der Waals surface area contributed by atoms with Gasteiger partial charge < -0.3 is 10.0 Å². The fraction of sp³-hybridized carbons (Fsp3) is 0.368. The van der Waals surface area contributed by atoms with Gasteiger partial charge in [-0.05, 0) is 35.9 Å². The van der Waals surface area contributed by atoms with E-state index in [0.29, 0.717) is 43.4 Å². The van der Waals surface area contributed by atoms with Gasteiger partial charge in [-0.15, -0.1) is 0 Å². The number of hydrogen-bond donors (Lipinski definition) is 1. The van der Waals surface area contributed by atoms with Crippen LogP contribution in [0.1, 0.15) is 17.2 Å². The standard InChI is InChI=1S/C19H20ClF3N2O/c20-16-6-4-14(5-7-16)18(26)13-24-8-10-25(11-9-24)17-3-1-2-15(12-17)19(21,22)23/h1-7,12,18,26H,8-11,13H2/t18-/m1/s1. The number of rotatable bonds is 4. The first-order valence-corrected chi connectivity index (χ1v) is 8.79. The summed E-state index contributed by atoms with van der Waals surface area (Å²) in [4.78, 5) is 4.06. The molecule has 2 aromatic rings. The molecule has 26 heavy (non-hydrogen) atoms.